The first-order chi connectivity index (χ1) is 18.2. The Bertz CT molecular complexity index is 749. The van der Waals surface area contributed by atoms with Crippen LogP contribution in [0.25, 0.3) is 0 Å². The van der Waals surface area contributed by atoms with E-state index in [2.05, 4.69) is 162 Å². The molecule has 3 heterocycles. The Balaban J connectivity index is 0.000000301. The monoisotopic (exact) mass is 580 g/mol. The van der Waals surface area contributed by atoms with Crippen molar-refractivity contribution in [3.63, 3.8) is 0 Å². The molecule has 0 saturated carbocycles. The average molecular weight is 580 g/mol. The highest BCUT2D eigenvalue weighted by atomic mass is 32.2. The van der Waals surface area contributed by atoms with E-state index >= 15 is 0 Å². The summed E-state index contributed by atoms with van der Waals surface area (Å²) in [5.74, 6) is 11.3. The highest BCUT2D eigenvalue weighted by Gasteiger charge is 2.36. The third-order valence-electron chi connectivity index (χ3n) is 12.5. The van der Waals surface area contributed by atoms with Gasteiger partial charge in [-0.2, -0.15) is 10.5 Å². The molecule has 0 radical (unpaired) electrons. The Labute approximate surface area is 253 Å². The second kappa shape index (κ2) is 14.8. The standard InChI is InChI=1S/C13H26S.C11H23N3.C10H20N2/c1-8-9(2)11(4)13(6)14(7)12(5)10(8)3;1-8-9(2)12(5)11(4)14(7)13(6)10(8)3;1-7-8(2)11(5)10(4)12(6)9(7)3/h8-13H,7H2,1-6H3;8-10H,4H2,1-3,5-7H3;7-9H,4H2,1-3,5-6H3. The van der Waals surface area contributed by atoms with Crippen LogP contribution >= 0.6 is 10.5 Å². The summed E-state index contributed by atoms with van der Waals surface area (Å²) in [6, 6.07) is 2.27. The molecule has 0 aliphatic carbocycles. The lowest BCUT2D eigenvalue weighted by Crippen LogP contribution is -2.53. The zero-order valence-corrected chi connectivity index (χ0v) is 30.5. The highest BCUT2D eigenvalue weighted by Crippen LogP contribution is 2.46. The zero-order chi connectivity index (χ0) is 31.5. The van der Waals surface area contributed by atoms with Crippen LogP contribution in [-0.4, -0.2) is 100 Å². The van der Waals surface area contributed by atoms with Gasteiger partial charge in [-0.25, -0.2) is 5.01 Å². The van der Waals surface area contributed by atoms with Gasteiger partial charge in [0.25, 0.3) is 0 Å². The minimum Gasteiger partial charge on any atom is -0.359 e. The maximum absolute atomic E-state index is 4.42. The van der Waals surface area contributed by atoms with Crippen molar-refractivity contribution in [3.8, 4) is 0 Å². The topological polar surface area (TPSA) is 16.2 Å². The molecule has 0 aromatic heterocycles. The first-order valence-corrected chi connectivity index (χ1v) is 17.3. The van der Waals surface area contributed by atoms with Crippen molar-refractivity contribution in [1.29, 1.82) is 0 Å². The predicted octanol–water partition coefficient (Wildman–Crippen LogP) is 7.36. The fourth-order valence-corrected chi connectivity index (χ4v) is 8.82. The van der Waals surface area contributed by atoms with Gasteiger partial charge >= 0.3 is 0 Å². The van der Waals surface area contributed by atoms with Gasteiger partial charge in [0, 0.05) is 59.4 Å². The van der Waals surface area contributed by atoms with Crippen LogP contribution in [0.2, 0.25) is 0 Å². The van der Waals surface area contributed by atoms with Crippen molar-refractivity contribution in [2.75, 3.05) is 35.2 Å². The van der Waals surface area contributed by atoms with Crippen LogP contribution in [0.3, 0.4) is 0 Å². The molecule has 0 N–H and O–H groups in total. The summed E-state index contributed by atoms with van der Waals surface area (Å²) < 4.78 is 0. The summed E-state index contributed by atoms with van der Waals surface area (Å²) in [7, 11) is 10.9. The van der Waals surface area contributed by atoms with Gasteiger partial charge < -0.3 is 14.7 Å². The maximum atomic E-state index is 4.42. The lowest BCUT2D eigenvalue weighted by atomic mass is 9.77. The number of rotatable bonds is 0. The SMILES string of the molecule is C=C1N(C)C(C)C(C)C(C)N(C)N1C.C=C1N(C)C(C)C(C)C(C)N1C.C=S1C(C)C(C)C(C)C(C)C(C)C1C. The van der Waals surface area contributed by atoms with E-state index in [4.69, 9.17) is 0 Å². The fraction of sp³-hybridized carbons (Fsp3) is 0.853. The Morgan fingerprint density at radius 1 is 0.450 bits per heavy atom. The smallest absolute Gasteiger partial charge is 0.111 e. The Kier molecular flexibility index (Phi) is 13.7. The summed E-state index contributed by atoms with van der Waals surface area (Å²) in [6.07, 6.45) is 0. The van der Waals surface area contributed by atoms with Crippen molar-refractivity contribution in [3.05, 3.63) is 24.8 Å². The Hall–Kier alpha value is -1.14. The van der Waals surface area contributed by atoms with Gasteiger partial charge in [-0.15, -0.1) is 0 Å². The van der Waals surface area contributed by atoms with E-state index in [1.807, 2.05) is 0 Å². The molecule has 40 heavy (non-hydrogen) atoms. The third kappa shape index (κ3) is 7.62. The van der Waals surface area contributed by atoms with Gasteiger partial charge in [0.05, 0.1) is 5.82 Å². The van der Waals surface area contributed by atoms with E-state index in [1.165, 1.54) is 0 Å². The number of hydrogen-bond acceptors (Lipinski definition) is 5. The lowest BCUT2D eigenvalue weighted by molar-refractivity contribution is 0.0104. The third-order valence-corrected chi connectivity index (χ3v) is 15.2. The van der Waals surface area contributed by atoms with E-state index in [0.29, 0.717) is 46.5 Å². The second-order valence-electron chi connectivity index (χ2n) is 13.8. The molecule has 0 aromatic carbocycles. The van der Waals surface area contributed by atoms with Crippen LogP contribution in [0, 0.1) is 35.5 Å². The first kappa shape index (κ1) is 36.9. The Morgan fingerprint density at radius 2 is 0.750 bits per heavy atom. The molecule has 3 aliphatic heterocycles. The van der Waals surface area contributed by atoms with Crippen LogP contribution in [0.1, 0.15) is 83.1 Å². The van der Waals surface area contributed by atoms with E-state index < -0.39 is 0 Å². The molecule has 0 amide bonds. The molecule has 236 valence electrons. The molecular weight excluding hydrogens is 510 g/mol. The molecule has 3 aliphatic rings. The fourth-order valence-electron chi connectivity index (χ4n) is 6.54. The lowest BCUT2D eigenvalue weighted by Gasteiger charge is -2.48. The largest absolute Gasteiger partial charge is 0.359 e. The summed E-state index contributed by atoms with van der Waals surface area (Å²) in [6.45, 7) is 36.3. The highest BCUT2D eigenvalue weighted by molar-refractivity contribution is 8.15. The van der Waals surface area contributed by atoms with E-state index in [1.54, 1.807) is 0 Å². The quantitative estimate of drug-likeness (QED) is 0.278. The molecular formula is C34H69N5S. The van der Waals surface area contributed by atoms with E-state index in [-0.39, 0.29) is 0 Å². The van der Waals surface area contributed by atoms with Crippen molar-refractivity contribution in [2.24, 2.45) is 35.5 Å². The number of nitrogens with zero attached hydrogens (tertiary/aromatic N) is 5. The summed E-state index contributed by atoms with van der Waals surface area (Å²) in [5.41, 5.74) is 0. The minimum absolute atomic E-state index is 0.351. The molecule has 3 rings (SSSR count). The molecule has 3 fully saturated rings. The van der Waals surface area contributed by atoms with Crippen LogP contribution in [0.5, 0.6) is 0 Å². The normalized spacial score (nSPS) is 43.3. The van der Waals surface area contributed by atoms with Crippen LogP contribution in [0.15, 0.2) is 24.8 Å². The molecule has 0 bridgehead atoms. The van der Waals surface area contributed by atoms with Gasteiger partial charge in [-0.3, -0.25) is 5.01 Å². The predicted molar refractivity (Wildman–Crippen MR) is 184 cm³/mol. The second-order valence-corrected chi connectivity index (χ2v) is 16.2. The van der Waals surface area contributed by atoms with Crippen molar-refractivity contribution < 1.29 is 0 Å². The van der Waals surface area contributed by atoms with Gasteiger partial charge in [0.15, 0.2) is 0 Å². The molecule has 5 nitrogen and oxygen atoms in total. The van der Waals surface area contributed by atoms with Crippen molar-refractivity contribution in [2.45, 2.75) is 118 Å². The number of hydrogen-bond donors (Lipinski definition) is 0. The van der Waals surface area contributed by atoms with Gasteiger partial charge in [-0.05, 0) is 73.7 Å². The molecule has 6 heteroatoms. The molecule has 3 saturated heterocycles. The van der Waals surface area contributed by atoms with Crippen LogP contribution < -0.4 is 0 Å². The van der Waals surface area contributed by atoms with E-state index in [0.717, 1.165) is 45.8 Å². The van der Waals surface area contributed by atoms with Gasteiger partial charge in [0.1, 0.15) is 5.82 Å². The van der Waals surface area contributed by atoms with Crippen LogP contribution in [0.4, 0.5) is 0 Å². The minimum atomic E-state index is 0.351. The van der Waals surface area contributed by atoms with Crippen molar-refractivity contribution >= 4 is 16.4 Å². The van der Waals surface area contributed by atoms with Crippen molar-refractivity contribution in [1.82, 2.24) is 24.7 Å². The molecule has 0 spiro atoms. The first-order valence-electron chi connectivity index (χ1n) is 15.8. The molecule has 11 atom stereocenters. The maximum Gasteiger partial charge on any atom is 0.111 e. The van der Waals surface area contributed by atoms with Gasteiger partial charge in [-0.1, -0.05) is 74.4 Å². The summed E-state index contributed by atoms with van der Waals surface area (Å²) >= 11 is 0. The average Bonchev–Trinajstić information content (AvgIpc) is 3.02. The number of hydrazine groups is 1. The van der Waals surface area contributed by atoms with Crippen LogP contribution in [-0.2, 0) is 0 Å². The molecule has 11 unspecified atom stereocenters. The Morgan fingerprint density at radius 3 is 1.10 bits per heavy atom. The summed E-state index contributed by atoms with van der Waals surface area (Å²) in [4.78, 5) is 6.76. The zero-order valence-electron chi connectivity index (χ0n) is 29.7. The van der Waals surface area contributed by atoms with Gasteiger partial charge in [0.2, 0.25) is 0 Å². The molecule has 0 aromatic rings. The summed E-state index contributed by atoms with van der Waals surface area (Å²) in [5, 5.41) is 5.98. The van der Waals surface area contributed by atoms with E-state index in [9.17, 15) is 0 Å².